The zero-order chi connectivity index (χ0) is 18.4. The van der Waals surface area contributed by atoms with Crippen molar-refractivity contribution >= 4 is 39.8 Å². The lowest BCUT2D eigenvalue weighted by atomic mass is 10.1. The molecule has 1 saturated carbocycles. The summed E-state index contributed by atoms with van der Waals surface area (Å²) in [6.07, 6.45) is 3.05. The highest BCUT2D eigenvalue weighted by molar-refractivity contribution is 6.03. The fraction of sp³-hybridized carbons (Fsp3) is 0.368. The van der Waals surface area contributed by atoms with Crippen molar-refractivity contribution in [1.29, 1.82) is 5.26 Å². The van der Waals surface area contributed by atoms with Gasteiger partial charge < -0.3 is 16.0 Å². The third-order valence-corrected chi connectivity index (χ3v) is 5.18. The van der Waals surface area contributed by atoms with Gasteiger partial charge in [-0.1, -0.05) is 6.92 Å². The normalized spacial score (nSPS) is 24.5. The highest BCUT2D eigenvalue weighted by Crippen LogP contribution is 2.38. The van der Waals surface area contributed by atoms with Crippen LogP contribution in [0, 0.1) is 29.1 Å². The fourth-order valence-electron chi connectivity index (χ4n) is 3.42. The van der Waals surface area contributed by atoms with Crippen LogP contribution in [0.3, 0.4) is 0 Å². The second kappa shape index (κ2) is 5.99. The van der Waals surface area contributed by atoms with Crippen LogP contribution in [0.5, 0.6) is 0 Å². The molecule has 1 aromatic carbocycles. The van der Waals surface area contributed by atoms with Gasteiger partial charge in [-0.3, -0.25) is 9.59 Å². The Morgan fingerprint density at radius 2 is 2.23 bits per heavy atom. The molecule has 3 atom stereocenters. The molecule has 2 aromatic rings. The number of aromatic nitrogens is 1. The van der Waals surface area contributed by atoms with Gasteiger partial charge in [0.1, 0.15) is 5.82 Å². The third-order valence-electron chi connectivity index (χ3n) is 5.18. The van der Waals surface area contributed by atoms with Crippen LogP contribution in [0.25, 0.3) is 10.8 Å². The van der Waals surface area contributed by atoms with Crippen LogP contribution in [-0.4, -0.2) is 23.3 Å². The van der Waals surface area contributed by atoms with Crippen molar-refractivity contribution in [3.63, 3.8) is 0 Å². The predicted molar refractivity (Wildman–Crippen MR) is 98.1 cm³/mol. The second-order valence-corrected chi connectivity index (χ2v) is 7.07. The number of nitrogens with one attached hydrogen (secondary N) is 1. The zero-order valence-corrected chi connectivity index (χ0v) is 14.4. The minimum atomic E-state index is -0.252. The van der Waals surface area contributed by atoms with Crippen LogP contribution in [0.4, 0.5) is 17.2 Å². The van der Waals surface area contributed by atoms with E-state index in [0.717, 1.165) is 22.9 Å². The first-order valence-corrected chi connectivity index (χ1v) is 8.69. The first kappa shape index (κ1) is 16.3. The first-order valence-electron chi connectivity index (χ1n) is 8.69. The highest BCUT2D eigenvalue weighted by atomic mass is 16.2. The van der Waals surface area contributed by atoms with Crippen molar-refractivity contribution in [2.45, 2.75) is 19.8 Å². The number of carbonyl (C=O) groups is 2. The number of hydrogen-bond donors (Lipinski definition) is 2. The number of rotatable bonds is 3. The molecule has 3 N–H and O–H groups in total. The number of nitrogens with zero attached hydrogens (tertiary/aromatic N) is 3. The molecule has 2 heterocycles. The van der Waals surface area contributed by atoms with Crippen molar-refractivity contribution in [2.24, 2.45) is 17.8 Å². The van der Waals surface area contributed by atoms with E-state index in [2.05, 4.69) is 16.4 Å². The van der Waals surface area contributed by atoms with Gasteiger partial charge in [0.25, 0.3) is 0 Å². The molecule has 2 amide bonds. The van der Waals surface area contributed by atoms with Gasteiger partial charge in [-0.05, 0) is 36.4 Å². The number of amides is 2. The third kappa shape index (κ3) is 2.73. The summed E-state index contributed by atoms with van der Waals surface area (Å²) in [6, 6.07) is 7.54. The Balaban J connectivity index is 1.63. The largest absolute Gasteiger partial charge is 0.398 e. The lowest BCUT2D eigenvalue weighted by Crippen LogP contribution is -2.26. The van der Waals surface area contributed by atoms with E-state index >= 15 is 0 Å². The van der Waals surface area contributed by atoms with Crippen LogP contribution >= 0.6 is 0 Å². The molecular weight excluding hydrogens is 330 g/mol. The van der Waals surface area contributed by atoms with E-state index in [1.54, 1.807) is 23.2 Å². The molecule has 2 fully saturated rings. The van der Waals surface area contributed by atoms with Gasteiger partial charge in [-0.2, -0.15) is 5.26 Å². The molecule has 0 spiro atoms. The molecule has 0 radical (unpaired) electrons. The van der Waals surface area contributed by atoms with Crippen LogP contribution in [0.1, 0.15) is 19.8 Å². The van der Waals surface area contributed by atoms with Crippen LogP contribution in [0.15, 0.2) is 24.4 Å². The topological polar surface area (TPSA) is 112 Å². The Morgan fingerprint density at radius 3 is 2.88 bits per heavy atom. The number of nitrogens with two attached hydrogens (primary N) is 1. The van der Waals surface area contributed by atoms with Gasteiger partial charge in [0.2, 0.25) is 11.8 Å². The van der Waals surface area contributed by atoms with Gasteiger partial charge in [0, 0.05) is 35.4 Å². The number of nitrogen functional groups attached to an aromatic ring is 1. The predicted octanol–water partition coefficient (Wildman–Crippen LogP) is 2.29. The molecule has 7 nitrogen and oxygen atoms in total. The number of anilines is 3. The quantitative estimate of drug-likeness (QED) is 0.826. The van der Waals surface area contributed by atoms with E-state index in [0.29, 0.717) is 24.5 Å². The monoisotopic (exact) mass is 349 g/mol. The molecule has 1 aliphatic heterocycles. The molecule has 0 bridgehead atoms. The Kier molecular flexibility index (Phi) is 3.76. The van der Waals surface area contributed by atoms with Crippen molar-refractivity contribution < 1.29 is 9.59 Å². The minimum absolute atomic E-state index is 0.0193. The molecular formula is C19H19N5O2. The van der Waals surface area contributed by atoms with E-state index in [9.17, 15) is 9.59 Å². The van der Waals surface area contributed by atoms with Gasteiger partial charge in [-0.15, -0.1) is 0 Å². The maximum Gasteiger partial charge on any atom is 0.230 e. The van der Waals surface area contributed by atoms with Crippen molar-refractivity contribution in [3.05, 3.63) is 24.4 Å². The molecule has 26 heavy (non-hydrogen) atoms. The smallest absolute Gasteiger partial charge is 0.230 e. The summed E-state index contributed by atoms with van der Waals surface area (Å²) < 4.78 is 0. The summed E-state index contributed by atoms with van der Waals surface area (Å²) in [5.41, 5.74) is 7.46. The zero-order valence-electron chi connectivity index (χ0n) is 14.4. The summed E-state index contributed by atoms with van der Waals surface area (Å²) >= 11 is 0. The second-order valence-electron chi connectivity index (χ2n) is 7.07. The van der Waals surface area contributed by atoms with E-state index in [1.807, 2.05) is 13.0 Å². The maximum atomic E-state index is 12.3. The Bertz CT molecular complexity index is 964. The number of hydrogen-bond acceptors (Lipinski definition) is 5. The van der Waals surface area contributed by atoms with Crippen molar-refractivity contribution in [3.8, 4) is 6.07 Å². The molecule has 132 valence electrons. The van der Waals surface area contributed by atoms with Crippen molar-refractivity contribution in [1.82, 2.24) is 4.98 Å². The number of pyridine rings is 1. The van der Waals surface area contributed by atoms with Crippen LogP contribution < -0.4 is 16.0 Å². The molecule has 1 aliphatic carbocycles. The lowest BCUT2D eigenvalue weighted by Gasteiger charge is -2.18. The fourth-order valence-corrected chi connectivity index (χ4v) is 3.42. The minimum Gasteiger partial charge on any atom is -0.398 e. The van der Waals surface area contributed by atoms with E-state index < -0.39 is 0 Å². The summed E-state index contributed by atoms with van der Waals surface area (Å²) in [7, 11) is 0. The number of benzene rings is 1. The molecule has 1 saturated heterocycles. The average molecular weight is 349 g/mol. The SMILES string of the molecule is C[C@@H]1CCN(c2cc(N)c3cnc(NC(=O)[C@H]4C[C@@H]4C#N)cc3c2)C1=O. The highest BCUT2D eigenvalue weighted by Gasteiger charge is 2.43. The molecule has 1 aromatic heterocycles. The molecule has 4 rings (SSSR count). The standard InChI is InChI=1S/C19H19N5O2/c1-10-2-3-24(19(10)26)13-4-11-6-17(22-9-15(11)16(21)7-13)23-18(25)14-5-12(14)8-20/h4,6-7,9-10,12,14H,2-3,5,21H2,1H3,(H,22,23,25)/t10-,12-,14+/m1/s1. The Labute approximate surface area is 150 Å². The van der Waals surface area contributed by atoms with Crippen LogP contribution in [-0.2, 0) is 9.59 Å². The average Bonchev–Trinajstić information content (AvgIpc) is 3.34. The summed E-state index contributed by atoms with van der Waals surface area (Å²) in [5, 5.41) is 13.2. The van der Waals surface area contributed by atoms with Crippen LogP contribution in [0.2, 0.25) is 0 Å². The summed E-state index contributed by atoms with van der Waals surface area (Å²) in [5.74, 6) is -0.0910. The van der Waals surface area contributed by atoms with Gasteiger partial charge in [-0.25, -0.2) is 4.98 Å². The Hall–Kier alpha value is -3.14. The van der Waals surface area contributed by atoms with E-state index in [1.165, 1.54) is 0 Å². The summed E-state index contributed by atoms with van der Waals surface area (Å²) in [6.45, 7) is 2.60. The number of nitriles is 1. The molecule has 7 heteroatoms. The van der Waals surface area contributed by atoms with Crippen molar-refractivity contribution in [2.75, 3.05) is 22.5 Å². The van der Waals surface area contributed by atoms with E-state index in [-0.39, 0.29) is 29.6 Å². The summed E-state index contributed by atoms with van der Waals surface area (Å²) in [4.78, 5) is 30.4. The van der Waals surface area contributed by atoms with Gasteiger partial charge in [0.15, 0.2) is 0 Å². The number of fused-ring (bicyclic) bond motifs is 1. The first-order chi connectivity index (χ1) is 12.5. The maximum absolute atomic E-state index is 12.3. The molecule has 0 unspecified atom stereocenters. The molecule has 2 aliphatic rings. The Morgan fingerprint density at radius 1 is 1.42 bits per heavy atom. The lowest BCUT2D eigenvalue weighted by molar-refractivity contribution is -0.120. The van der Waals surface area contributed by atoms with Gasteiger partial charge >= 0.3 is 0 Å². The number of carbonyl (C=O) groups excluding carboxylic acids is 2. The van der Waals surface area contributed by atoms with Gasteiger partial charge in [0.05, 0.1) is 17.9 Å². The van der Waals surface area contributed by atoms with E-state index in [4.69, 9.17) is 11.0 Å².